The second-order valence-electron chi connectivity index (χ2n) is 8.29. The summed E-state index contributed by atoms with van der Waals surface area (Å²) in [6.45, 7) is 8.89. The van der Waals surface area contributed by atoms with Crippen molar-refractivity contribution in [2.75, 3.05) is 13.1 Å². The molecule has 3 nitrogen and oxygen atoms in total. The Kier molecular flexibility index (Phi) is 5.70. The van der Waals surface area contributed by atoms with Gasteiger partial charge in [0.2, 0.25) is 5.91 Å². The summed E-state index contributed by atoms with van der Waals surface area (Å²) in [6, 6.07) is 0.247. The average Bonchev–Trinajstić information content (AvgIpc) is 2.66. The molecule has 2 rings (SSSR count). The van der Waals surface area contributed by atoms with Crippen molar-refractivity contribution in [2.45, 2.75) is 78.2 Å². The standard InChI is InChI=1S/C18H34N2O/c1-18(2,3)15-8-6-11-20(12-10-15)17(21)13-14-7-4-5-9-16(14)19/h14-16H,4-13,19H2,1-3H3. The number of carbonyl (C=O) groups excluding carboxylic acids is 1. The van der Waals surface area contributed by atoms with Crippen LogP contribution in [0.5, 0.6) is 0 Å². The van der Waals surface area contributed by atoms with E-state index in [1.54, 1.807) is 0 Å². The Morgan fingerprint density at radius 1 is 1.05 bits per heavy atom. The van der Waals surface area contributed by atoms with E-state index in [2.05, 4.69) is 25.7 Å². The molecule has 0 radical (unpaired) electrons. The third kappa shape index (κ3) is 4.70. The van der Waals surface area contributed by atoms with Gasteiger partial charge in [0.15, 0.2) is 0 Å². The third-order valence-electron chi connectivity index (χ3n) is 5.71. The Labute approximate surface area is 130 Å². The molecule has 0 aromatic heterocycles. The molecule has 122 valence electrons. The summed E-state index contributed by atoms with van der Waals surface area (Å²) in [6.07, 6.45) is 8.99. The molecule has 2 aliphatic rings. The Balaban J connectivity index is 1.85. The largest absolute Gasteiger partial charge is 0.343 e. The van der Waals surface area contributed by atoms with Crippen molar-refractivity contribution in [2.24, 2.45) is 23.0 Å². The van der Waals surface area contributed by atoms with Crippen molar-refractivity contribution in [1.82, 2.24) is 4.90 Å². The normalized spacial score (nSPS) is 31.8. The minimum absolute atomic E-state index is 0.247. The van der Waals surface area contributed by atoms with Crippen LogP contribution in [0, 0.1) is 17.3 Å². The van der Waals surface area contributed by atoms with E-state index in [9.17, 15) is 4.79 Å². The highest BCUT2D eigenvalue weighted by Crippen LogP contribution is 2.34. The van der Waals surface area contributed by atoms with Gasteiger partial charge in [0, 0.05) is 25.6 Å². The van der Waals surface area contributed by atoms with Crippen LogP contribution >= 0.6 is 0 Å². The summed E-state index contributed by atoms with van der Waals surface area (Å²) in [7, 11) is 0. The SMILES string of the molecule is CC(C)(C)C1CCCN(C(=O)CC2CCCCC2N)CC1. The Bertz CT molecular complexity index is 348. The number of nitrogens with two attached hydrogens (primary N) is 1. The summed E-state index contributed by atoms with van der Waals surface area (Å²) in [5, 5.41) is 0. The fourth-order valence-electron chi connectivity index (χ4n) is 4.05. The van der Waals surface area contributed by atoms with Gasteiger partial charge in [-0.05, 0) is 49.4 Å². The highest BCUT2D eigenvalue weighted by atomic mass is 16.2. The fraction of sp³-hybridized carbons (Fsp3) is 0.944. The van der Waals surface area contributed by atoms with Crippen LogP contribution in [0.3, 0.4) is 0 Å². The van der Waals surface area contributed by atoms with Crippen molar-refractivity contribution >= 4 is 5.91 Å². The Morgan fingerprint density at radius 2 is 1.76 bits per heavy atom. The van der Waals surface area contributed by atoms with Crippen LogP contribution in [0.25, 0.3) is 0 Å². The maximum Gasteiger partial charge on any atom is 0.222 e. The maximum atomic E-state index is 12.6. The molecular weight excluding hydrogens is 260 g/mol. The number of hydrogen-bond donors (Lipinski definition) is 1. The number of hydrogen-bond acceptors (Lipinski definition) is 2. The summed E-state index contributed by atoms with van der Waals surface area (Å²) >= 11 is 0. The Hall–Kier alpha value is -0.570. The maximum absolute atomic E-state index is 12.6. The summed E-state index contributed by atoms with van der Waals surface area (Å²) in [5.74, 6) is 1.52. The van der Waals surface area contributed by atoms with Crippen LogP contribution in [0.1, 0.15) is 72.1 Å². The molecule has 3 unspecified atom stereocenters. The van der Waals surface area contributed by atoms with E-state index < -0.39 is 0 Å². The molecule has 0 spiro atoms. The van der Waals surface area contributed by atoms with E-state index in [0.717, 1.165) is 44.7 Å². The second-order valence-corrected chi connectivity index (χ2v) is 8.29. The molecule has 0 aromatic carbocycles. The van der Waals surface area contributed by atoms with Crippen LogP contribution in [-0.4, -0.2) is 29.9 Å². The van der Waals surface area contributed by atoms with Crippen molar-refractivity contribution in [3.8, 4) is 0 Å². The van der Waals surface area contributed by atoms with Crippen molar-refractivity contribution < 1.29 is 4.79 Å². The molecule has 0 bridgehead atoms. The van der Waals surface area contributed by atoms with Crippen LogP contribution in [-0.2, 0) is 4.79 Å². The van der Waals surface area contributed by atoms with E-state index in [1.807, 2.05) is 0 Å². The van der Waals surface area contributed by atoms with Crippen molar-refractivity contribution in [1.29, 1.82) is 0 Å². The quantitative estimate of drug-likeness (QED) is 0.846. The lowest BCUT2D eigenvalue weighted by Gasteiger charge is -2.31. The summed E-state index contributed by atoms with van der Waals surface area (Å²) in [5.41, 5.74) is 6.56. The molecule has 2 fully saturated rings. The van der Waals surface area contributed by atoms with Crippen LogP contribution in [0.15, 0.2) is 0 Å². The molecule has 3 heteroatoms. The van der Waals surface area contributed by atoms with Crippen LogP contribution in [0.2, 0.25) is 0 Å². The van der Waals surface area contributed by atoms with Gasteiger partial charge in [-0.2, -0.15) is 0 Å². The molecule has 2 N–H and O–H groups in total. The molecule has 0 aromatic rings. The van der Waals surface area contributed by atoms with E-state index in [0.29, 0.717) is 23.7 Å². The van der Waals surface area contributed by atoms with E-state index in [1.165, 1.54) is 19.3 Å². The van der Waals surface area contributed by atoms with E-state index >= 15 is 0 Å². The number of nitrogens with zero attached hydrogens (tertiary/aromatic N) is 1. The first kappa shape index (κ1) is 16.8. The van der Waals surface area contributed by atoms with Gasteiger partial charge in [-0.1, -0.05) is 33.6 Å². The zero-order valence-electron chi connectivity index (χ0n) is 14.2. The number of rotatable bonds is 2. The lowest BCUT2D eigenvalue weighted by atomic mass is 9.77. The molecule has 1 saturated heterocycles. The zero-order chi connectivity index (χ0) is 15.5. The topological polar surface area (TPSA) is 46.3 Å². The first-order valence-corrected chi connectivity index (χ1v) is 8.91. The smallest absolute Gasteiger partial charge is 0.222 e. The molecule has 1 aliphatic carbocycles. The Morgan fingerprint density at radius 3 is 2.43 bits per heavy atom. The van der Waals surface area contributed by atoms with Crippen LogP contribution < -0.4 is 5.73 Å². The van der Waals surface area contributed by atoms with Crippen molar-refractivity contribution in [3.05, 3.63) is 0 Å². The molecule has 1 saturated carbocycles. The number of likely N-dealkylation sites (tertiary alicyclic amines) is 1. The van der Waals surface area contributed by atoms with Gasteiger partial charge < -0.3 is 10.6 Å². The van der Waals surface area contributed by atoms with Gasteiger partial charge in [-0.3, -0.25) is 4.79 Å². The average molecular weight is 294 g/mol. The molecule has 1 amide bonds. The highest BCUT2D eigenvalue weighted by molar-refractivity contribution is 5.76. The first-order valence-electron chi connectivity index (χ1n) is 8.91. The number of carbonyl (C=O) groups is 1. The predicted octanol–water partition coefficient (Wildman–Crippen LogP) is 3.57. The third-order valence-corrected chi connectivity index (χ3v) is 5.71. The fourth-order valence-corrected chi connectivity index (χ4v) is 4.05. The number of amides is 1. The minimum atomic E-state index is 0.247. The summed E-state index contributed by atoms with van der Waals surface area (Å²) < 4.78 is 0. The monoisotopic (exact) mass is 294 g/mol. The van der Waals surface area contributed by atoms with Gasteiger partial charge in [0.25, 0.3) is 0 Å². The zero-order valence-corrected chi connectivity index (χ0v) is 14.2. The molecule has 1 heterocycles. The molecular formula is C18H34N2O. The van der Waals surface area contributed by atoms with Gasteiger partial charge in [-0.15, -0.1) is 0 Å². The predicted molar refractivity (Wildman–Crippen MR) is 87.9 cm³/mol. The minimum Gasteiger partial charge on any atom is -0.343 e. The van der Waals surface area contributed by atoms with Gasteiger partial charge in [0.05, 0.1) is 0 Å². The van der Waals surface area contributed by atoms with Gasteiger partial charge in [0.1, 0.15) is 0 Å². The summed E-state index contributed by atoms with van der Waals surface area (Å²) in [4.78, 5) is 14.7. The van der Waals surface area contributed by atoms with Gasteiger partial charge in [-0.25, -0.2) is 0 Å². The van der Waals surface area contributed by atoms with E-state index in [-0.39, 0.29) is 6.04 Å². The lowest BCUT2D eigenvalue weighted by molar-refractivity contribution is -0.132. The molecule has 1 aliphatic heterocycles. The molecule has 3 atom stereocenters. The van der Waals surface area contributed by atoms with Crippen molar-refractivity contribution in [3.63, 3.8) is 0 Å². The lowest BCUT2D eigenvalue weighted by Crippen LogP contribution is -2.39. The van der Waals surface area contributed by atoms with Gasteiger partial charge >= 0.3 is 0 Å². The first-order chi connectivity index (χ1) is 9.88. The highest BCUT2D eigenvalue weighted by Gasteiger charge is 2.30. The second kappa shape index (κ2) is 7.13. The van der Waals surface area contributed by atoms with Crippen LogP contribution in [0.4, 0.5) is 0 Å². The molecule has 21 heavy (non-hydrogen) atoms. The van der Waals surface area contributed by atoms with E-state index in [4.69, 9.17) is 5.73 Å².